The number of nitrogens with zero attached hydrogens (tertiary/aromatic N) is 2. The van der Waals surface area contributed by atoms with Crippen LogP contribution in [0.1, 0.15) is 44.6 Å². The van der Waals surface area contributed by atoms with Crippen LogP contribution in [-0.4, -0.2) is 24.1 Å². The highest BCUT2D eigenvalue weighted by Gasteiger charge is 2.11. The van der Waals surface area contributed by atoms with E-state index in [4.69, 9.17) is 5.73 Å². The van der Waals surface area contributed by atoms with Crippen LogP contribution >= 0.6 is 0 Å². The van der Waals surface area contributed by atoms with E-state index in [0.717, 1.165) is 31.7 Å². The first-order valence-corrected chi connectivity index (χ1v) is 7.25. The van der Waals surface area contributed by atoms with E-state index in [9.17, 15) is 0 Å². The van der Waals surface area contributed by atoms with Gasteiger partial charge in [0.2, 0.25) is 0 Å². The first-order chi connectivity index (χ1) is 8.79. The van der Waals surface area contributed by atoms with Crippen molar-refractivity contribution in [2.24, 2.45) is 5.73 Å². The highest BCUT2D eigenvalue weighted by atomic mass is 15.2. The number of aromatic nitrogens is 1. The maximum Gasteiger partial charge on any atom is 0.128 e. The molecule has 2 rings (SSSR count). The Balaban J connectivity index is 1.97. The maximum absolute atomic E-state index is 5.97. The van der Waals surface area contributed by atoms with Gasteiger partial charge in [-0.3, -0.25) is 0 Å². The molecule has 2 heterocycles. The smallest absolute Gasteiger partial charge is 0.128 e. The van der Waals surface area contributed by atoms with Gasteiger partial charge in [0.05, 0.1) is 0 Å². The van der Waals surface area contributed by atoms with E-state index in [1.54, 1.807) is 0 Å². The molecule has 0 aromatic carbocycles. The molecule has 1 aromatic heterocycles. The summed E-state index contributed by atoms with van der Waals surface area (Å²) in [6.07, 6.45) is 9.27. The third-order valence-electron chi connectivity index (χ3n) is 3.76. The fourth-order valence-corrected chi connectivity index (χ4v) is 2.47. The van der Waals surface area contributed by atoms with Gasteiger partial charge in [-0.05, 0) is 37.3 Å². The van der Waals surface area contributed by atoms with Gasteiger partial charge >= 0.3 is 0 Å². The van der Waals surface area contributed by atoms with Crippen molar-refractivity contribution in [3.05, 3.63) is 23.9 Å². The Hall–Kier alpha value is -1.09. The van der Waals surface area contributed by atoms with Crippen molar-refractivity contribution in [2.75, 3.05) is 18.0 Å². The number of nitrogens with two attached hydrogens (primary N) is 1. The van der Waals surface area contributed by atoms with Crippen LogP contribution in [0.4, 0.5) is 5.82 Å². The van der Waals surface area contributed by atoms with Gasteiger partial charge < -0.3 is 10.6 Å². The molecule has 1 atom stereocenters. The minimum absolute atomic E-state index is 0.260. The average Bonchev–Trinajstić information content (AvgIpc) is 2.68. The van der Waals surface area contributed by atoms with Gasteiger partial charge in [0.1, 0.15) is 5.82 Å². The second-order valence-electron chi connectivity index (χ2n) is 5.30. The van der Waals surface area contributed by atoms with Crippen LogP contribution in [0.5, 0.6) is 0 Å². The summed E-state index contributed by atoms with van der Waals surface area (Å²) < 4.78 is 0. The lowest BCUT2D eigenvalue weighted by Crippen LogP contribution is -2.25. The van der Waals surface area contributed by atoms with Crippen LogP contribution in [0.25, 0.3) is 0 Å². The zero-order valence-electron chi connectivity index (χ0n) is 11.4. The van der Waals surface area contributed by atoms with E-state index >= 15 is 0 Å². The van der Waals surface area contributed by atoms with E-state index < -0.39 is 0 Å². The van der Waals surface area contributed by atoms with Crippen LogP contribution in [-0.2, 0) is 6.42 Å². The fraction of sp³-hybridized carbons (Fsp3) is 0.667. The molecular weight excluding hydrogens is 222 g/mol. The molecule has 0 spiro atoms. The van der Waals surface area contributed by atoms with Crippen LogP contribution < -0.4 is 10.6 Å². The average molecular weight is 247 g/mol. The lowest BCUT2D eigenvalue weighted by atomic mass is 10.1. The standard InChI is InChI=1S/C15H25N3/c1-2-14(16)11-13-7-8-15(17-12-13)18-9-5-3-4-6-10-18/h7-8,12,14H,2-6,9-11,16H2,1H3. The zero-order chi connectivity index (χ0) is 12.8. The van der Waals surface area contributed by atoms with Gasteiger partial charge in [0.15, 0.2) is 0 Å². The third kappa shape index (κ3) is 3.70. The van der Waals surface area contributed by atoms with Crippen LogP contribution in [0.3, 0.4) is 0 Å². The summed E-state index contributed by atoms with van der Waals surface area (Å²) in [6.45, 7) is 4.44. The predicted molar refractivity (Wildman–Crippen MR) is 76.9 cm³/mol. The summed E-state index contributed by atoms with van der Waals surface area (Å²) in [4.78, 5) is 7.01. The molecule has 0 aliphatic carbocycles. The van der Waals surface area contributed by atoms with Crippen molar-refractivity contribution in [2.45, 2.75) is 51.5 Å². The number of hydrogen-bond acceptors (Lipinski definition) is 3. The molecule has 0 radical (unpaired) electrons. The molecule has 1 aromatic rings. The molecule has 1 aliphatic heterocycles. The Bertz CT molecular complexity index is 339. The topological polar surface area (TPSA) is 42.1 Å². The van der Waals surface area contributed by atoms with Crippen molar-refractivity contribution in [1.29, 1.82) is 0 Å². The Morgan fingerprint density at radius 2 is 1.94 bits per heavy atom. The minimum atomic E-state index is 0.260. The largest absolute Gasteiger partial charge is 0.357 e. The summed E-state index contributed by atoms with van der Waals surface area (Å²) >= 11 is 0. The molecule has 0 saturated carbocycles. The molecule has 0 bridgehead atoms. The van der Waals surface area contributed by atoms with Crippen molar-refractivity contribution in [1.82, 2.24) is 4.98 Å². The summed E-state index contributed by atoms with van der Waals surface area (Å²) in [7, 11) is 0. The zero-order valence-corrected chi connectivity index (χ0v) is 11.4. The van der Waals surface area contributed by atoms with Crippen molar-refractivity contribution in [3.8, 4) is 0 Å². The predicted octanol–water partition coefficient (Wildman–Crippen LogP) is 2.74. The summed E-state index contributed by atoms with van der Waals surface area (Å²) in [5.41, 5.74) is 7.22. The lowest BCUT2D eigenvalue weighted by Gasteiger charge is -2.21. The molecule has 2 N–H and O–H groups in total. The first kappa shape index (κ1) is 13.3. The Labute approximate surface area is 110 Å². The van der Waals surface area contributed by atoms with E-state index in [1.807, 2.05) is 6.20 Å². The molecule has 1 fully saturated rings. The Morgan fingerprint density at radius 1 is 1.22 bits per heavy atom. The van der Waals surface area contributed by atoms with Crippen LogP contribution in [0.15, 0.2) is 18.3 Å². The maximum atomic E-state index is 5.97. The van der Waals surface area contributed by atoms with Crippen molar-refractivity contribution < 1.29 is 0 Å². The van der Waals surface area contributed by atoms with Gasteiger partial charge in [0.25, 0.3) is 0 Å². The van der Waals surface area contributed by atoms with Crippen LogP contribution in [0.2, 0.25) is 0 Å². The van der Waals surface area contributed by atoms with Crippen LogP contribution in [0, 0.1) is 0 Å². The van der Waals surface area contributed by atoms with Gasteiger partial charge in [-0.2, -0.15) is 0 Å². The second-order valence-corrected chi connectivity index (χ2v) is 5.30. The van der Waals surface area contributed by atoms with Gasteiger partial charge in [0, 0.05) is 25.3 Å². The van der Waals surface area contributed by atoms with E-state index in [-0.39, 0.29) is 6.04 Å². The molecule has 0 amide bonds. The summed E-state index contributed by atoms with van der Waals surface area (Å²) in [5.74, 6) is 1.13. The molecular formula is C15H25N3. The van der Waals surface area contributed by atoms with E-state index in [0.29, 0.717) is 0 Å². The Morgan fingerprint density at radius 3 is 2.50 bits per heavy atom. The summed E-state index contributed by atoms with van der Waals surface area (Å²) in [6, 6.07) is 4.60. The minimum Gasteiger partial charge on any atom is -0.357 e. The Kier molecular flexibility index (Phi) is 5.00. The number of pyridine rings is 1. The number of hydrogen-bond donors (Lipinski definition) is 1. The third-order valence-corrected chi connectivity index (χ3v) is 3.76. The molecule has 18 heavy (non-hydrogen) atoms. The highest BCUT2D eigenvalue weighted by molar-refractivity contribution is 5.39. The van der Waals surface area contributed by atoms with Gasteiger partial charge in [-0.15, -0.1) is 0 Å². The molecule has 3 nitrogen and oxygen atoms in total. The van der Waals surface area contributed by atoms with Crippen molar-refractivity contribution in [3.63, 3.8) is 0 Å². The fourth-order valence-electron chi connectivity index (χ4n) is 2.47. The molecule has 1 unspecified atom stereocenters. The molecule has 1 saturated heterocycles. The van der Waals surface area contributed by atoms with Gasteiger partial charge in [-0.25, -0.2) is 4.98 Å². The van der Waals surface area contributed by atoms with Gasteiger partial charge in [-0.1, -0.05) is 25.8 Å². The first-order valence-electron chi connectivity index (χ1n) is 7.25. The van der Waals surface area contributed by atoms with Crippen molar-refractivity contribution >= 4 is 5.82 Å². The second kappa shape index (κ2) is 6.74. The highest BCUT2D eigenvalue weighted by Crippen LogP contribution is 2.17. The van der Waals surface area contributed by atoms with E-state index in [1.165, 1.54) is 31.2 Å². The molecule has 1 aliphatic rings. The number of rotatable bonds is 4. The number of anilines is 1. The monoisotopic (exact) mass is 247 g/mol. The quantitative estimate of drug-likeness (QED) is 0.889. The SMILES string of the molecule is CCC(N)Cc1ccc(N2CCCCCC2)nc1. The van der Waals surface area contributed by atoms with E-state index in [2.05, 4.69) is 28.9 Å². The normalized spacial score (nSPS) is 18.4. The summed E-state index contributed by atoms with van der Waals surface area (Å²) in [5, 5.41) is 0. The molecule has 100 valence electrons. The lowest BCUT2D eigenvalue weighted by molar-refractivity contribution is 0.645. The molecule has 3 heteroatoms.